The molecule has 4 rings (SSSR count). The highest BCUT2D eigenvalue weighted by atomic mass is 16.5. The van der Waals surface area contributed by atoms with Gasteiger partial charge in [0.25, 0.3) is 0 Å². The van der Waals surface area contributed by atoms with Gasteiger partial charge in [-0.25, -0.2) is 0 Å². The van der Waals surface area contributed by atoms with Gasteiger partial charge in [0.2, 0.25) is 0 Å². The van der Waals surface area contributed by atoms with Gasteiger partial charge in [-0.15, -0.1) is 0 Å². The van der Waals surface area contributed by atoms with Gasteiger partial charge >= 0.3 is 0 Å². The van der Waals surface area contributed by atoms with E-state index in [1.54, 1.807) is 7.11 Å². The average molecular weight is 351 g/mol. The summed E-state index contributed by atoms with van der Waals surface area (Å²) in [4.78, 5) is 0. The molecule has 2 aromatic rings. The maximum Gasteiger partial charge on any atom is 0.161 e. The van der Waals surface area contributed by atoms with E-state index in [-0.39, 0.29) is 6.10 Å². The van der Waals surface area contributed by atoms with Crippen molar-refractivity contribution in [1.29, 1.82) is 5.26 Å². The highest BCUT2D eigenvalue weighted by molar-refractivity contribution is 5.49. The van der Waals surface area contributed by atoms with Crippen molar-refractivity contribution in [2.24, 2.45) is 7.05 Å². The first-order chi connectivity index (χ1) is 12.6. The fourth-order valence-electron chi connectivity index (χ4n) is 4.35. The number of benzene rings is 1. The minimum absolute atomic E-state index is 0.258. The van der Waals surface area contributed by atoms with Crippen molar-refractivity contribution in [1.82, 2.24) is 9.78 Å². The molecule has 136 valence electrons. The van der Waals surface area contributed by atoms with Crippen LogP contribution < -0.4 is 9.47 Å². The molecule has 1 atom stereocenters. The Kier molecular flexibility index (Phi) is 4.36. The van der Waals surface area contributed by atoms with E-state index in [0.29, 0.717) is 6.42 Å². The maximum absolute atomic E-state index is 10.1. The number of nitrogens with zero attached hydrogens (tertiary/aromatic N) is 3. The first kappa shape index (κ1) is 17.0. The minimum atomic E-state index is -0.532. The van der Waals surface area contributed by atoms with Gasteiger partial charge < -0.3 is 9.47 Å². The summed E-state index contributed by atoms with van der Waals surface area (Å²) in [6, 6.07) is 8.60. The monoisotopic (exact) mass is 351 g/mol. The smallest absolute Gasteiger partial charge is 0.161 e. The Balaban J connectivity index is 1.68. The average Bonchev–Trinajstić information content (AvgIpc) is 3.29. The van der Waals surface area contributed by atoms with Crippen molar-refractivity contribution in [3.05, 3.63) is 41.2 Å². The Morgan fingerprint density at radius 1 is 1.27 bits per heavy atom. The van der Waals surface area contributed by atoms with Gasteiger partial charge in [-0.3, -0.25) is 4.68 Å². The van der Waals surface area contributed by atoms with E-state index in [9.17, 15) is 5.26 Å². The molecule has 26 heavy (non-hydrogen) atoms. The van der Waals surface area contributed by atoms with Gasteiger partial charge in [0.05, 0.1) is 30.4 Å². The molecule has 0 amide bonds. The molecule has 0 aliphatic heterocycles. The Hall–Kier alpha value is -2.48. The molecule has 2 aliphatic carbocycles. The van der Waals surface area contributed by atoms with Crippen LogP contribution in [0.3, 0.4) is 0 Å². The molecular formula is C21H25N3O2. The zero-order valence-corrected chi connectivity index (χ0v) is 15.5. The number of nitriles is 1. The lowest BCUT2D eigenvalue weighted by Gasteiger charge is -2.31. The molecule has 1 aromatic carbocycles. The van der Waals surface area contributed by atoms with Crippen LogP contribution in [-0.4, -0.2) is 23.0 Å². The van der Waals surface area contributed by atoms with Crippen LogP contribution in [-0.2, 0) is 25.3 Å². The molecular weight excluding hydrogens is 326 g/mol. The molecule has 0 saturated heterocycles. The molecule has 1 heterocycles. The van der Waals surface area contributed by atoms with Crippen LogP contribution in [0, 0.1) is 11.3 Å². The second kappa shape index (κ2) is 6.68. The lowest BCUT2D eigenvalue weighted by atomic mass is 9.70. The zero-order valence-electron chi connectivity index (χ0n) is 15.5. The molecule has 2 aliphatic rings. The first-order valence-corrected chi connectivity index (χ1v) is 9.41. The summed E-state index contributed by atoms with van der Waals surface area (Å²) in [5.74, 6) is 1.51. The van der Waals surface area contributed by atoms with Gasteiger partial charge in [-0.05, 0) is 68.2 Å². The summed E-state index contributed by atoms with van der Waals surface area (Å²) in [5.41, 5.74) is 2.78. The second-order valence-electron chi connectivity index (χ2n) is 7.54. The van der Waals surface area contributed by atoms with E-state index in [4.69, 9.17) is 9.47 Å². The summed E-state index contributed by atoms with van der Waals surface area (Å²) in [5, 5.41) is 14.6. The lowest BCUT2D eigenvalue weighted by molar-refractivity contribution is 0.200. The molecule has 1 aromatic heterocycles. The van der Waals surface area contributed by atoms with Gasteiger partial charge in [-0.1, -0.05) is 6.07 Å². The summed E-state index contributed by atoms with van der Waals surface area (Å²) in [6.07, 6.45) is 9.23. The fourth-order valence-corrected chi connectivity index (χ4v) is 4.35. The van der Waals surface area contributed by atoms with Gasteiger partial charge in [0.15, 0.2) is 11.5 Å². The van der Waals surface area contributed by atoms with E-state index >= 15 is 0 Å². The lowest BCUT2D eigenvalue weighted by Crippen LogP contribution is -2.31. The van der Waals surface area contributed by atoms with E-state index < -0.39 is 5.41 Å². The van der Waals surface area contributed by atoms with Crippen molar-refractivity contribution >= 4 is 0 Å². The Bertz CT molecular complexity index is 845. The predicted octanol–water partition coefficient (Wildman–Crippen LogP) is 3.70. The topological polar surface area (TPSA) is 60.1 Å². The van der Waals surface area contributed by atoms with Crippen LogP contribution in [0.25, 0.3) is 0 Å². The normalized spacial score (nSPS) is 22.7. The summed E-state index contributed by atoms with van der Waals surface area (Å²) in [7, 11) is 3.60. The molecule has 0 radical (unpaired) electrons. The van der Waals surface area contributed by atoms with Crippen LogP contribution >= 0.6 is 0 Å². The van der Waals surface area contributed by atoms with Gasteiger partial charge in [0.1, 0.15) is 0 Å². The molecule has 0 N–H and O–H groups in total. The molecule has 1 unspecified atom stereocenters. The third-order valence-corrected chi connectivity index (χ3v) is 5.80. The summed E-state index contributed by atoms with van der Waals surface area (Å²) in [6.45, 7) is 0. The van der Waals surface area contributed by atoms with E-state index in [2.05, 4.69) is 11.2 Å². The predicted molar refractivity (Wildman–Crippen MR) is 98.4 cm³/mol. The van der Waals surface area contributed by atoms with Crippen molar-refractivity contribution in [3.63, 3.8) is 0 Å². The van der Waals surface area contributed by atoms with Crippen molar-refractivity contribution in [3.8, 4) is 17.6 Å². The number of hydrogen-bond acceptors (Lipinski definition) is 4. The number of rotatable bonds is 4. The third kappa shape index (κ3) is 2.94. The number of hydrogen-bond donors (Lipinski definition) is 0. The van der Waals surface area contributed by atoms with Crippen LogP contribution in [0.1, 0.15) is 48.9 Å². The zero-order chi connectivity index (χ0) is 18.1. The Labute approximate surface area is 154 Å². The van der Waals surface area contributed by atoms with E-state index in [1.807, 2.05) is 36.1 Å². The molecule has 1 saturated carbocycles. The van der Waals surface area contributed by atoms with Crippen molar-refractivity contribution < 1.29 is 9.47 Å². The van der Waals surface area contributed by atoms with Crippen molar-refractivity contribution in [2.75, 3.05) is 7.11 Å². The number of ether oxygens (including phenoxy) is 2. The van der Waals surface area contributed by atoms with Crippen LogP contribution in [0.2, 0.25) is 0 Å². The van der Waals surface area contributed by atoms with Crippen LogP contribution in [0.5, 0.6) is 11.5 Å². The molecule has 0 bridgehead atoms. The number of fused-ring (bicyclic) bond motifs is 1. The second-order valence-corrected chi connectivity index (χ2v) is 7.54. The minimum Gasteiger partial charge on any atom is -0.493 e. The number of aryl methyl sites for hydroxylation is 2. The molecule has 1 fully saturated rings. The highest BCUT2D eigenvalue weighted by Crippen LogP contribution is 2.41. The quantitative estimate of drug-likeness (QED) is 0.843. The molecule has 5 heteroatoms. The third-order valence-electron chi connectivity index (χ3n) is 5.80. The standard InChI is InChI=1S/C21H25N3O2/c1-24-13-15-12-21(14-22,10-9-18(15)23-24)16-7-8-19(25-2)20(11-16)26-17-5-3-4-6-17/h7-8,11,13,17H,3-6,9-10,12H2,1-2H3. The largest absolute Gasteiger partial charge is 0.493 e. The maximum atomic E-state index is 10.1. The van der Waals surface area contributed by atoms with E-state index in [0.717, 1.165) is 48.4 Å². The molecule has 0 spiro atoms. The fraction of sp³-hybridized carbons (Fsp3) is 0.524. The summed E-state index contributed by atoms with van der Waals surface area (Å²) >= 11 is 0. The van der Waals surface area contributed by atoms with Crippen molar-refractivity contribution in [2.45, 2.75) is 56.5 Å². The first-order valence-electron chi connectivity index (χ1n) is 9.41. The van der Waals surface area contributed by atoms with Gasteiger partial charge in [-0.2, -0.15) is 10.4 Å². The van der Waals surface area contributed by atoms with Gasteiger partial charge in [0, 0.05) is 13.2 Å². The SMILES string of the molecule is COc1ccc(C2(C#N)CCc3nn(C)cc3C2)cc1OC1CCCC1. The Morgan fingerprint density at radius 2 is 2.08 bits per heavy atom. The highest BCUT2D eigenvalue weighted by Gasteiger charge is 2.38. The summed E-state index contributed by atoms with van der Waals surface area (Å²) < 4.78 is 13.6. The number of methoxy groups -OCH3 is 1. The molecule has 5 nitrogen and oxygen atoms in total. The van der Waals surface area contributed by atoms with E-state index in [1.165, 1.54) is 18.4 Å². The number of aromatic nitrogens is 2. The van der Waals surface area contributed by atoms with Crippen LogP contribution in [0.15, 0.2) is 24.4 Å². The Morgan fingerprint density at radius 3 is 2.81 bits per heavy atom. The van der Waals surface area contributed by atoms with Crippen LogP contribution in [0.4, 0.5) is 0 Å².